The molecule has 1 atom stereocenters. The molecule has 1 saturated carbocycles. The Hall–Kier alpha value is -2.44. The van der Waals surface area contributed by atoms with E-state index in [-0.39, 0.29) is 37.6 Å². The van der Waals surface area contributed by atoms with Crippen molar-refractivity contribution >= 4 is 35.0 Å². The number of hydrogen-bond donors (Lipinski definition) is 1. The van der Waals surface area contributed by atoms with Crippen molar-refractivity contribution in [2.75, 3.05) is 6.79 Å². The fourth-order valence-corrected chi connectivity index (χ4v) is 4.77. The third-order valence-electron chi connectivity index (χ3n) is 6.29. The van der Waals surface area contributed by atoms with Crippen molar-refractivity contribution in [3.8, 4) is 11.5 Å². The van der Waals surface area contributed by atoms with Crippen LogP contribution in [-0.2, 0) is 22.6 Å². The molecular formula is C25H28Cl2N2O4. The first-order valence-electron chi connectivity index (χ1n) is 11.3. The average Bonchev–Trinajstić information content (AvgIpc) is 3.48. The minimum Gasteiger partial charge on any atom is -0.454 e. The molecule has 1 fully saturated rings. The van der Waals surface area contributed by atoms with Crippen molar-refractivity contribution in [1.82, 2.24) is 10.2 Å². The molecule has 0 radical (unpaired) electrons. The minimum atomic E-state index is -0.624. The van der Waals surface area contributed by atoms with Gasteiger partial charge in [-0.25, -0.2) is 0 Å². The van der Waals surface area contributed by atoms with Crippen LogP contribution in [0.15, 0.2) is 36.4 Å². The third kappa shape index (κ3) is 5.92. The van der Waals surface area contributed by atoms with E-state index < -0.39 is 6.04 Å². The van der Waals surface area contributed by atoms with Crippen molar-refractivity contribution < 1.29 is 19.1 Å². The summed E-state index contributed by atoms with van der Waals surface area (Å²) in [5, 5.41) is 4.10. The molecule has 2 aromatic rings. The number of nitrogens with one attached hydrogen (secondary N) is 1. The Kier molecular flexibility index (Phi) is 7.66. The molecule has 8 heteroatoms. The van der Waals surface area contributed by atoms with Crippen LogP contribution in [0.3, 0.4) is 0 Å². The van der Waals surface area contributed by atoms with Gasteiger partial charge in [-0.1, -0.05) is 48.2 Å². The normalized spacial score (nSPS) is 16.0. The maximum Gasteiger partial charge on any atom is 0.242 e. The number of nitrogens with zero attached hydrogens (tertiary/aromatic N) is 1. The number of benzene rings is 2. The predicted molar refractivity (Wildman–Crippen MR) is 128 cm³/mol. The molecule has 0 unspecified atom stereocenters. The standard InChI is InChI=1S/C25H28Cl2N2O4/c1-16(25(31)28-20-4-2-3-5-20)29(14-18-8-9-19(26)13-21(18)27)24(30)11-7-17-6-10-22-23(12-17)33-15-32-22/h6,8-10,12-13,16,20H,2-5,7,11,14-15H2,1H3,(H,28,31)/t16-/m1/s1. The van der Waals surface area contributed by atoms with Crippen LogP contribution in [0.4, 0.5) is 0 Å². The van der Waals surface area contributed by atoms with Crippen molar-refractivity contribution in [3.05, 3.63) is 57.6 Å². The van der Waals surface area contributed by atoms with E-state index in [1.54, 1.807) is 30.0 Å². The monoisotopic (exact) mass is 490 g/mol. The summed E-state index contributed by atoms with van der Waals surface area (Å²) < 4.78 is 10.8. The maximum absolute atomic E-state index is 13.3. The molecule has 33 heavy (non-hydrogen) atoms. The lowest BCUT2D eigenvalue weighted by atomic mass is 10.1. The zero-order chi connectivity index (χ0) is 23.4. The Morgan fingerprint density at radius 2 is 1.85 bits per heavy atom. The van der Waals surface area contributed by atoms with Gasteiger partial charge < -0.3 is 19.7 Å². The summed E-state index contributed by atoms with van der Waals surface area (Å²) >= 11 is 12.4. The first kappa shape index (κ1) is 23.7. The number of halogens is 2. The highest BCUT2D eigenvalue weighted by atomic mass is 35.5. The highest BCUT2D eigenvalue weighted by molar-refractivity contribution is 6.35. The zero-order valence-electron chi connectivity index (χ0n) is 18.6. The molecule has 2 aromatic carbocycles. The molecule has 1 N–H and O–H groups in total. The lowest BCUT2D eigenvalue weighted by Gasteiger charge is -2.30. The Morgan fingerprint density at radius 3 is 2.61 bits per heavy atom. The van der Waals surface area contributed by atoms with Crippen molar-refractivity contribution in [2.45, 2.75) is 64.1 Å². The SMILES string of the molecule is C[C@H](C(=O)NC1CCCC1)N(Cc1ccc(Cl)cc1Cl)C(=O)CCc1ccc2c(c1)OCO2. The van der Waals surface area contributed by atoms with Gasteiger partial charge in [0.1, 0.15) is 6.04 Å². The average molecular weight is 491 g/mol. The number of carbonyl (C=O) groups is 2. The molecule has 1 aliphatic carbocycles. The van der Waals surface area contributed by atoms with E-state index in [4.69, 9.17) is 32.7 Å². The maximum atomic E-state index is 13.3. The van der Waals surface area contributed by atoms with Gasteiger partial charge in [0.15, 0.2) is 11.5 Å². The van der Waals surface area contributed by atoms with Crippen molar-refractivity contribution in [2.24, 2.45) is 0 Å². The van der Waals surface area contributed by atoms with Gasteiger partial charge in [-0.05, 0) is 61.6 Å². The fraction of sp³-hybridized carbons (Fsp3) is 0.440. The van der Waals surface area contributed by atoms with Crippen LogP contribution in [0, 0.1) is 0 Å². The predicted octanol–water partition coefficient (Wildman–Crippen LogP) is 5.13. The molecule has 1 aliphatic heterocycles. The Labute approximate surface area is 204 Å². The van der Waals surface area contributed by atoms with E-state index in [2.05, 4.69) is 5.32 Å². The van der Waals surface area contributed by atoms with Gasteiger partial charge in [-0.15, -0.1) is 0 Å². The molecule has 0 spiro atoms. The summed E-state index contributed by atoms with van der Waals surface area (Å²) in [5.41, 5.74) is 1.72. The molecule has 2 aliphatic rings. The van der Waals surface area contributed by atoms with Gasteiger partial charge in [0.05, 0.1) is 0 Å². The fourth-order valence-electron chi connectivity index (χ4n) is 4.30. The molecule has 6 nitrogen and oxygen atoms in total. The van der Waals surface area contributed by atoms with E-state index in [0.29, 0.717) is 28.0 Å². The van der Waals surface area contributed by atoms with Crippen LogP contribution in [0.5, 0.6) is 11.5 Å². The molecule has 2 amide bonds. The van der Waals surface area contributed by atoms with E-state index in [9.17, 15) is 9.59 Å². The number of amides is 2. The molecule has 0 aromatic heterocycles. The first-order valence-corrected chi connectivity index (χ1v) is 12.1. The number of carbonyl (C=O) groups excluding carboxylic acids is 2. The first-order chi connectivity index (χ1) is 15.9. The number of aryl methyl sites for hydroxylation is 1. The van der Waals surface area contributed by atoms with Gasteiger partial charge in [-0.3, -0.25) is 9.59 Å². The van der Waals surface area contributed by atoms with E-state index in [0.717, 1.165) is 36.8 Å². The van der Waals surface area contributed by atoms with E-state index >= 15 is 0 Å². The molecule has 0 bridgehead atoms. The van der Waals surface area contributed by atoms with Gasteiger partial charge in [0.2, 0.25) is 18.6 Å². The quantitative estimate of drug-likeness (QED) is 0.556. The zero-order valence-corrected chi connectivity index (χ0v) is 20.1. The molecular weight excluding hydrogens is 463 g/mol. The Morgan fingerprint density at radius 1 is 1.09 bits per heavy atom. The van der Waals surface area contributed by atoms with Crippen LogP contribution in [-0.4, -0.2) is 35.6 Å². The lowest BCUT2D eigenvalue weighted by Crippen LogP contribution is -2.49. The van der Waals surface area contributed by atoms with Gasteiger partial charge >= 0.3 is 0 Å². The highest BCUT2D eigenvalue weighted by Crippen LogP contribution is 2.33. The second-order valence-corrected chi connectivity index (χ2v) is 9.45. The van der Waals surface area contributed by atoms with Crippen LogP contribution in [0.25, 0.3) is 0 Å². The number of rotatable bonds is 8. The van der Waals surface area contributed by atoms with Crippen LogP contribution in [0.2, 0.25) is 10.0 Å². The number of fused-ring (bicyclic) bond motifs is 1. The van der Waals surface area contributed by atoms with E-state index in [1.807, 2.05) is 18.2 Å². The third-order valence-corrected chi connectivity index (χ3v) is 6.88. The summed E-state index contributed by atoms with van der Waals surface area (Å²) in [5.74, 6) is 1.14. The molecule has 1 heterocycles. The molecule has 4 rings (SSSR count). The number of hydrogen-bond acceptors (Lipinski definition) is 4. The lowest BCUT2D eigenvalue weighted by molar-refractivity contribution is -0.140. The largest absolute Gasteiger partial charge is 0.454 e. The summed E-state index contributed by atoms with van der Waals surface area (Å²) in [4.78, 5) is 27.9. The summed E-state index contributed by atoms with van der Waals surface area (Å²) in [6.45, 7) is 2.21. The topological polar surface area (TPSA) is 67.9 Å². The van der Waals surface area contributed by atoms with Crippen LogP contribution < -0.4 is 14.8 Å². The van der Waals surface area contributed by atoms with Crippen LogP contribution in [0.1, 0.15) is 50.2 Å². The summed E-state index contributed by atoms with van der Waals surface area (Å²) in [6, 6.07) is 10.4. The van der Waals surface area contributed by atoms with E-state index in [1.165, 1.54) is 0 Å². The summed E-state index contributed by atoms with van der Waals surface area (Å²) in [6.07, 6.45) is 5.00. The number of ether oxygens (including phenoxy) is 2. The minimum absolute atomic E-state index is 0.118. The smallest absolute Gasteiger partial charge is 0.242 e. The summed E-state index contributed by atoms with van der Waals surface area (Å²) in [7, 11) is 0. The van der Waals surface area contributed by atoms with Crippen molar-refractivity contribution in [3.63, 3.8) is 0 Å². The van der Waals surface area contributed by atoms with Crippen LogP contribution >= 0.6 is 23.2 Å². The molecule has 176 valence electrons. The van der Waals surface area contributed by atoms with Crippen molar-refractivity contribution in [1.29, 1.82) is 0 Å². The van der Waals surface area contributed by atoms with Gasteiger partial charge in [0, 0.05) is 29.1 Å². The van der Waals surface area contributed by atoms with Gasteiger partial charge in [0.25, 0.3) is 0 Å². The second kappa shape index (κ2) is 10.7. The Balaban J connectivity index is 1.47. The second-order valence-electron chi connectivity index (χ2n) is 8.61. The molecule has 0 saturated heterocycles. The Bertz CT molecular complexity index is 1020. The highest BCUT2D eigenvalue weighted by Gasteiger charge is 2.29. The van der Waals surface area contributed by atoms with Gasteiger partial charge in [-0.2, -0.15) is 0 Å².